The zero-order valence-corrected chi connectivity index (χ0v) is 11.1. The number of rotatable bonds is 4. The fourth-order valence-corrected chi connectivity index (χ4v) is 1.71. The third-order valence-corrected chi connectivity index (χ3v) is 2.84. The van der Waals surface area contributed by atoms with Crippen LogP contribution in [0, 0.1) is 5.92 Å². The summed E-state index contributed by atoms with van der Waals surface area (Å²) >= 11 is 0. The van der Waals surface area contributed by atoms with E-state index >= 15 is 0 Å². The van der Waals surface area contributed by atoms with Crippen LogP contribution >= 0.6 is 0 Å². The lowest BCUT2D eigenvalue weighted by Gasteiger charge is -2.16. The third-order valence-electron chi connectivity index (χ3n) is 2.84. The van der Waals surface area contributed by atoms with Gasteiger partial charge in [-0.1, -0.05) is 13.8 Å². The molecule has 5 heteroatoms. The van der Waals surface area contributed by atoms with Gasteiger partial charge < -0.3 is 0 Å². The van der Waals surface area contributed by atoms with Gasteiger partial charge in [0, 0.05) is 12.5 Å². The second kappa shape index (κ2) is 5.47. The summed E-state index contributed by atoms with van der Waals surface area (Å²) in [6, 6.07) is 2.65. The number of halogens is 5. The Bertz CT molecular complexity index is 394. The van der Waals surface area contributed by atoms with E-state index < -0.39 is 23.2 Å². The molecule has 19 heavy (non-hydrogen) atoms. The molecule has 0 atom stereocenters. The Morgan fingerprint density at radius 3 is 1.89 bits per heavy atom. The molecule has 0 saturated heterocycles. The first-order valence-corrected chi connectivity index (χ1v) is 6.09. The third kappa shape index (κ3) is 4.80. The highest BCUT2D eigenvalue weighted by Crippen LogP contribution is 2.35. The van der Waals surface area contributed by atoms with Crippen molar-refractivity contribution in [1.82, 2.24) is 0 Å². The summed E-state index contributed by atoms with van der Waals surface area (Å²) < 4.78 is 64.5. The molecular weight excluding hydrogens is 263 g/mol. The van der Waals surface area contributed by atoms with E-state index in [0.717, 1.165) is 12.1 Å². The van der Waals surface area contributed by atoms with E-state index in [0.29, 0.717) is 37.3 Å². The van der Waals surface area contributed by atoms with Gasteiger partial charge in [0.2, 0.25) is 0 Å². The molecule has 0 aliphatic heterocycles. The van der Waals surface area contributed by atoms with Crippen molar-refractivity contribution in [3.8, 4) is 0 Å². The van der Waals surface area contributed by atoms with E-state index in [-0.39, 0.29) is 0 Å². The lowest BCUT2D eigenvalue weighted by Crippen LogP contribution is -2.13. The molecule has 0 radical (unpaired) electrons. The first-order valence-electron chi connectivity index (χ1n) is 6.09. The minimum Gasteiger partial charge on any atom is -0.202 e. The highest BCUT2D eigenvalue weighted by molar-refractivity contribution is 5.34. The Morgan fingerprint density at radius 2 is 1.47 bits per heavy atom. The Kier molecular flexibility index (Phi) is 4.59. The molecule has 1 aromatic carbocycles. The molecular formula is C14H17F5. The second-order valence-electron chi connectivity index (χ2n) is 5.24. The van der Waals surface area contributed by atoms with Crippen molar-refractivity contribution < 1.29 is 22.0 Å². The van der Waals surface area contributed by atoms with Gasteiger partial charge in [0.25, 0.3) is 5.92 Å². The normalized spacial score (nSPS) is 13.1. The van der Waals surface area contributed by atoms with E-state index in [4.69, 9.17) is 0 Å². The van der Waals surface area contributed by atoms with Crippen molar-refractivity contribution in [2.75, 3.05) is 0 Å². The lowest BCUT2D eigenvalue weighted by atomic mass is 9.96. The zero-order valence-electron chi connectivity index (χ0n) is 11.1. The van der Waals surface area contributed by atoms with Gasteiger partial charge in [0.1, 0.15) is 0 Å². The van der Waals surface area contributed by atoms with Gasteiger partial charge in [-0.25, -0.2) is 8.78 Å². The molecule has 0 nitrogen and oxygen atoms in total. The first-order chi connectivity index (χ1) is 8.50. The van der Waals surface area contributed by atoms with Gasteiger partial charge in [0.05, 0.1) is 5.56 Å². The van der Waals surface area contributed by atoms with Gasteiger partial charge in [0.15, 0.2) is 0 Å². The predicted octanol–water partition coefficient (Wildman–Crippen LogP) is 5.41. The van der Waals surface area contributed by atoms with Crippen molar-refractivity contribution in [3.05, 3.63) is 34.9 Å². The summed E-state index contributed by atoms with van der Waals surface area (Å²) in [4.78, 5) is 0. The molecule has 0 fully saturated rings. The molecule has 0 aliphatic carbocycles. The van der Waals surface area contributed by atoms with Crippen LogP contribution in [-0.4, -0.2) is 0 Å². The number of benzene rings is 1. The monoisotopic (exact) mass is 280 g/mol. The van der Waals surface area contributed by atoms with Crippen molar-refractivity contribution in [1.29, 1.82) is 0 Å². The van der Waals surface area contributed by atoms with Crippen molar-refractivity contribution in [2.24, 2.45) is 5.92 Å². The van der Waals surface area contributed by atoms with Gasteiger partial charge in [-0.05, 0) is 42.5 Å². The zero-order chi connectivity index (χ0) is 14.8. The Morgan fingerprint density at radius 1 is 0.947 bits per heavy atom. The van der Waals surface area contributed by atoms with Crippen molar-refractivity contribution >= 4 is 0 Å². The van der Waals surface area contributed by atoms with Crippen molar-refractivity contribution in [2.45, 2.75) is 45.7 Å². The van der Waals surface area contributed by atoms with Crippen LogP contribution in [0.4, 0.5) is 22.0 Å². The summed E-state index contributed by atoms with van der Waals surface area (Å²) in [5.41, 5.74) is -1.29. The number of aryl methyl sites for hydroxylation is 1. The maximum Gasteiger partial charge on any atom is 0.416 e. The van der Waals surface area contributed by atoms with Crippen LogP contribution in [0.25, 0.3) is 0 Å². The molecule has 1 rings (SSSR count). The summed E-state index contributed by atoms with van der Waals surface area (Å²) in [5.74, 6) is -2.96. The second-order valence-corrected chi connectivity index (χ2v) is 5.24. The summed E-state index contributed by atoms with van der Waals surface area (Å²) in [5, 5.41) is 0. The predicted molar refractivity (Wildman–Crippen MR) is 64.2 cm³/mol. The highest BCUT2D eigenvalue weighted by Gasteiger charge is 2.34. The minimum absolute atomic E-state index is 0.306. The molecule has 1 aromatic rings. The highest BCUT2D eigenvalue weighted by atomic mass is 19.4. The number of hydrogen-bond donors (Lipinski definition) is 0. The SMILES string of the molecule is CC(C)CCc1cc(C(C)(F)F)cc(C(F)(F)F)c1. The number of alkyl halides is 5. The van der Waals surface area contributed by atoms with Crippen LogP contribution in [-0.2, 0) is 18.5 Å². The summed E-state index contributed by atoms with van der Waals surface area (Å²) in [6.45, 7) is 4.47. The molecule has 108 valence electrons. The molecule has 0 spiro atoms. The van der Waals surface area contributed by atoms with Crippen LogP contribution in [0.5, 0.6) is 0 Å². The fraction of sp³-hybridized carbons (Fsp3) is 0.571. The molecule has 0 heterocycles. The van der Waals surface area contributed by atoms with Gasteiger partial charge >= 0.3 is 6.18 Å². The molecule has 0 saturated carbocycles. The molecule has 0 unspecified atom stereocenters. The van der Waals surface area contributed by atoms with Crippen LogP contribution in [0.3, 0.4) is 0 Å². The topological polar surface area (TPSA) is 0 Å². The average molecular weight is 280 g/mol. The van der Waals surface area contributed by atoms with Crippen LogP contribution in [0.15, 0.2) is 18.2 Å². The molecule has 0 N–H and O–H groups in total. The molecule has 0 aromatic heterocycles. The molecule has 0 amide bonds. The van der Waals surface area contributed by atoms with Gasteiger partial charge in [-0.15, -0.1) is 0 Å². The largest absolute Gasteiger partial charge is 0.416 e. The van der Waals surface area contributed by atoms with Gasteiger partial charge in [-0.3, -0.25) is 0 Å². The van der Waals surface area contributed by atoms with Crippen LogP contribution in [0.2, 0.25) is 0 Å². The minimum atomic E-state index is -4.60. The van der Waals surface area contributed by atoms with E-state index in [2.05, 4.69) is 0 Å². The van der Waals surface area contributed by atoms with Crippen molar-refractivity contribution in [3.63, 3.8) is 0 Å². The Hall–Kier alpha value is -1.13. The Labute approximate surface area is 109 Å². The fourth-order valence-electron chi connectivity index (χ4n) is 1.71. The van der Waals surface area contributed by atoms with E-state index in [1.54, 1.807) is 0 Å². The summed E-state index contributed by atoms with van der Waals surface area (Å²) in [7, 11) is 0. The van der Waals surface area contributed by atoms with Crippen LogP contribution in [0.1, 0.15) is 43.9 Å². The average Bonchev–Trinajstić information content (AvgIpc) is 2.23. The van der Waals surface area contributed by atoms with E-state index in [9.17, 15) is 22.0 Å². The standard InChI is InChI=1S/C14H17F5/c1-9(2)4-5-10-6-11(13(3,15)16)8-12(7-10)14(17,18)19/h6-9H,4-5H2,1-3H3. The first kappa shape index (κ1) is 15.9. The maximum atomic E-state index is 13.2. The quantitative estimate of drug-likeness (QED) is 0.647. The lowest BCUT2D eigenvalue weighted by molar-refractivity contribution is -0.137. The summed E-state index contributed by atoms with van der Waals surface area (Å²) in [6.07, 6.45) is -3.57. The van der Waals surface area contributed by atoms with E-state index in [1.165, 1.54) is 0 Å². The Balaban J connectivity index is 3.17. The smallest absolute Gasteiger partial charge is 0.202 e. The van der Waals surface area contributed by atoms with Gasteiger partial charge in [-0.2, -0.15) is 13.2 Å². The molecule has 0 aliphatic rings. The number of hydrogen-bond acceptors (Lipinski definition) is 0. The van der Waals surface area contributed by atoms with Crippen LogP contribution < -0.4 is 0 Å². The van der Waals surface area contributed by atoms with E-state index in [1.807, 2.05) is 13.8 Å². The molecule has 0 bridgehead atoms. The maximum absolute atomic E-state index is 13.2.